The molecule has 2 atom stereocenters. The van der Waals surface area contributed by atoms with Gasteiger partial charge in [0.15, 0.2) is 9.84 Å². The lowest BCUT2D eigenvalue weighted by Gasteiger charge is -2.15. The van der Waals surface area contributed by atoms with Gasteiger partial charge in [-0.1, -0.05) is 18.2 Å². The van der Waals surface area contributed by atoms with Crippen LogP contribution in [0.3, 0.4) is 0 Å². The van der Waals surface area contributed by atoms with E-state index in [0.717, 1.165) is 0 Å². The van der Waals surface area contributed by atoms with E-state index < -0.39 is 27.9 Å². The molecule has 0 amide bonds. The van der Waals surface area contributed by atoms with Gasteiger partial charge in [-0.05, 0) is 18.6 Å². The molecule has 0 aromatic heterocycles. The maximum atomic E-state index is 11.8. The molecule has 5 nitrogen and oxygen atoms in total. The Morgan fingerprint density at radius 2 is 2.12 bits per heavy atom. The zero-order valence-corrected chi connectivity index (χ0v) is 10.1. The lowest BCUT2D eigenvalue weighted by molar-refractivity contribution is -0.139. The minimum atomic E-state index is -3.28. The van der Waals surface area contributed by atoms with Crippen molar-refractivity contribution in [1.82, 2.24) is 5.32 Å². The molecule has 0 fully saturated rings. The average molecular weight is 255 g/mol. The largest absolute Gasteiger partial charge is 0.480 e. The van der Waals surface area contributed by atoms with Crippen LogP contribution in [0.4, 0.5) is 0 Å². The van der Waals surface area contributed by atoms with Gasteiger partial charge < -0.3 is 5.11 Å². The van der Waals surface area contributed by atoms with E-state index in [1.54, 1.807) is 24.3 Å². The number of carboxylic acids is 1. The molecule has 92 valence electrons. The summed E-state index contributed by atoms with van der Waals surface area (Å²) in [7, 11) is -3.28. The number of carbonyl (C=O) groups is 1. The van der Waals surface area contributed by atoms with Crippen molar-refractivity contribution in [2.75, 3.05) is 5.75 Å². The fourth-order valence-electron chi connectivity index (χ4n) is 1.96. The van der Waals surface area contributed by atoms with E-state index in [-0.39, 0.29) is 5.75 Å². The van der Waals surface area contributed by atoms with Crippen LogP contribution in [0.5, 0.6) is 0 Å². The van der Waals surface area contributed by atoms with Crippen molar-refractivity contribution in [2.45, 2.75) is 23.9 Å². The molecule has 1 aliphatic heterocycles. The highest BCUT2D eigenvalue weighted by Gasteiger charge is 2.35. The Hall–Kier alpha value is -1.40. The van der Waals surface area contributed by atoms with Crippen molar-refractivity contribution in [2.24, 2.45) is 0 Å². The molecule has 1 aromatic rings. The third kappa shape index (κ3) is 2.18. The minimum Gasteiger partial charge on any atom is -0.480 e. The van der Waals surface area contributed by atoms with Gasteiger partial charge in [-0.2, -0.15) is 0 Å². The van der Waals surface area contributed by atoms with Gasteiger partial charge in [0.2, 0.25) is 0 Å². The van der Waals surface area contributed by atoms with Crippen LogP contribution in [-0.2, 0) is 14.6 Å². The third-order valence-corrected chi connectivity index (χ3v) is 4.65. The summed E-state index contributed by atoms with van der Waals surface area (Å²) < 4.78 is 23.7. The Balaban J connectivity index is 2.33. The van der Waals surface area contributed by atoms with Crippen molar-refractivity contribution < 1.29 is 18.3 Å². The average Bonchev–Trinajstić information content (AvgIpc) is 2.51. The van der Waals surface area contributed by atoms with Crippen molar-refractivity contribution >= 4 is 15.8 Å². The van der Waals surface area contributed by atoms with Crippen molar-refractivity contribution in [3.63, 3.8) is 0 Å². The van der Waals surface area contributed by atoms with Crippen LogP contribution in [-0.4, -0.2) is 31.3 Å². The van der Waals surface area contributed by atoms with Gasteiger partial charge >= 0.3 is 5.97 Å². The highest BCUT2D eigenvalue weighted by molar-refractivity contribution is 7.91. The number of carboxylic acid groups (broad SMARTS) is 1. The van der Waals surface area contributed by atoms with E-state index in [1.807, 2.05) is 0 Å². The van der Waals surface area contributed by atoms with Crippen LogP contribution in [0.15, 0.2) is 29.2 Å². The summed E-state index contributed by atoms with van der Waals surface area (Å²) in [5.41, 5.74) is 0.653. The molecule has 0 saturated carbocycles. The van der Waals surface area contributed by atoms with E-state index in [4.69, 9.17) is 5.11 Å². The minimum absolute atomic E-state index is 0.0794. The lowest BCUT2D eigenvalue weighted by Crippen LogP contribution is -2.37. The molecule has 1 unspecified atom stereocenters. The Kier molecular flexibility index (Phi) is 2.92. The molecule has 1 aromatic carbocycles. The summed E-state index contributed by atoms with van der Waals surface area (Å²) in [5, 5.41) is 11.6. The summed E-state index contributed by atoms with van der Waals surface area (Å²) in [6.45, 7) is 1.50. The Bertz CT molecular complexity index is 552. The highest BCUT2D eigenvalue weighted by Crippen LogP contribution is 2.33. The van der Waals surface area contributed by atoms with Gasteiger partial charge in [-0.3, -0.25) is 10.1 Å². The summed E-state index contributed by atoms with van der Waals surface area (Å²) >= 11 is 0. The quantitative estimate of drug-likeness (QED) is 0.825. The van der Waals surface area contributed by atoms with Crippen LogP contribution in [0.1, 0.15) is 18.5 Å². The van der Waals surface area contributed by atoms with Crippen LogP contribution >= 0.6 is 0 Å². The van der Waals surface area contributed by atoms with Crippen molar-refractivity contribution in [3.05, 3.63) is 29.8 Å². The van der Waals surface area contributed by atoms with Gasteiger partial charge in [0.05, 0.1) is 10.6 Å². The maximum absolute atomic E-state index is 11.8. The molecule has 0 spiro atoms. The number of sulfone groups is 1. The summed E-state index contributed by atoms with van der Waals surface area (Å²) in [6.07, 6.45) is 0. The number of benzene rings is 1. The zero-order valence-electron chi connectivity index (χ0n) is 9.25. The number of hydrogen-bond acceptors (Lipinski definition) is 4. The van der Waals surface area contributed by atoms with Gasteiger partial charge in [0, 0.05) is 6.04 Å². The molecule has 2 N–H and O–H groups in total. The molecule has 1 aliphatic rings. The smallest absolute Gasteiger partial charge is 0.320 e. The molecule has 0 bridgehead atoms. The van der Waals surface area contributed by atoms with E-state index in [0.29, 0.717) is 10.5 Å². The predicted molar refractivity (Wildman–Crippen MR) is 61.5 cm³/mol. The first-order valence-corrected chi connectivity index (χ1v) is 6.87. The second-order valence-electron chi connectivity index (χ2n) is 4.10. The Morgan fingerprint density at radius 1 is 1.47 bits per heavy atom. The number of rotatable bonds is 3. The first-order valence-electron chi connectivity index (χ1n) is 5.22. The lowest BCUT2D eigenvalue weighted by atomic mass is 10.1. The number of fused-ring (bicyclic) bond motifs is 1. The van der Waals surface area contributed by atoms with Gasteiger partial charge in [0.1, 0.15) is 6.04 Å². The van der Waals surface area contributed by atoms with Crippen molar-refractivity contribution in [3.8, 4) is 0 Å². The number of aliphatic carboxylic acids is 1. The first kappa shape index (κ1) is 12.1. The second-order valence-corrected chi connectivity index (χ2v) is 6.10. The van der Waals surface area contributed by atoms with E-state index >= 15 is 0 Å². The second kappa shape index (κ2) is 4.12. The van der Waals surface area contributed by atoms with Crippen LogP contribution in [0.2, 0.25) is 0 Å². The van der Waals surface area contributed by atoms with Gasteiger partial charge in [0.25, 0.3) is 0 Å². The molecule has 2 rings (SSSR count). The third-order valence-electron chi connectivity index (χ3n) is 2.84. The molecular formula is C11H13NO4S. The molecular weight excluding hydrogens is 242 g/mol. The van der Waals surface area contributed by atoms with Crippen molar-refractivity contribution in [1.29, 1.82) is 0 Å². The first-order chi connectivity index (χ1) is 7.92. The summed E-state index contributed by atoms with van der Waals surface area (Å²) in [5.74, 6) is -1.07. The zero-order chi connectivity index (χ0) is 12.6. The van der Waals surface area contributed by atoms with E-state index in [1.165, 1.54) is 6.92 Å². The fraction of sp³-hybridized carbons (Fsp3) is 0.364. The number of hydrogen-bond donors (Lipinski definition) is 2. The van der Waals surface area contributed by atoms with E-state index in [2.05, 4.69) is 5.32 Å². The highest BCUT2D eigenvalue weighted by atomic mass is 32.2. The molecule has 0 radical (unpaired) electrons. The molecule has 0 saturated heterocycles. The predicted octanol–water partition coefficient (Wildman–Crippen LogP) is 0.578. The summed E-state index contributed by atoms with van der Waals surface area (Å²) in [4.78, 5) is 11.0. The maximum Gasteiger partial charge on any atom is 0.320 e. The fourth-order valence-corrected chi connectivity index (χ4v) is 3.71. The van der Waals surface area contributed by atoms with Gasteiger partial charge in [-0.25, -0.2) is 8.42 Å². The molecule has 17 heavy (non-hydrogen) atoms. The number of nitrogens with one attached hydrogen (secondary N) is 1. The van der Waals surface area contributed by atoms with Crippen LogP contribution < -0.4 is 5.32 Å². The topological polar surface area (TPSA) is 83.5 Å². The normalized spacial score (nSPS) is 23.0. The Labute approximate surface area is 99.4 Å². The molecule has 0 aliphatic carbocycles. The van der Waals surface area contributed by atoms with E-state index in [9.17, 15) is 13.2 Å². The van der Waals surface area contributed by atoms with Gasteiger partial charge in [-0.15, -0.1) is 0 Å². The SMILES string of the molecule is C[C@@H](NC1CS(=O)(=O)c2ccccc21)C(=O)O. The molecule has 6 heteroatoms. The standard InChI is InChI=1S/C11H13NO4S/c1-7(11(13)14)12-9-6-17(15,16)10-5-3-2-4-8(9)10/h2-5,7,9,12H,6H2,1H3,(H,13,14)/t7-,9?/m1/s1. The summed E-state index contributed by atoms with van der Waals surface area (Å²) in [6, 6.07) is 5.46. The monoisotopic (exact) mass is 255 g/mol. The molecule has 1 heterocycles. The van der Waals surface area contributed by atoms with Crippen LogP contribution in [0.25, 0.3) is 0 Å². The Morgan fingerprint density at radius 3 is 2.76 bits per heavy atom. The van der Waals surface area contributed by atoms with Crippen LogP contribution in [0, 0.1) is 0 Å².